The molecule has 5 nitrogen and oxygen atoms in total. The van der Waals surface area contributed by atoms with Crippen LogP contribution in [0.1, 0.15) is 69.3 Å². The van der Waals surface area contributed by atoms with Gasteiger partial charge in [-0.05, 0) is 94.1 Å². The Morgan fingerprint density at radius 1 is 1.07 bits per heavy atom. The van der Waals surface area contributed by atoms with Crippen LogP contribution >= 0.6 is 11.6 Å². The second-order valence-electron chi connectivity index (χ2n) is 8.49. The van der Waals surface area contributed by atoms with E-state index in [9.17, 15) is 0 Å². The molecule has 1 aliphatic carbocycles. The maximum atomic E-state index is 6.24. The van der Waals surface area contributed by atoms with Crippen LogP contribution < -0.4 is 4.74 Å². The van der Waals surface area contributed by atoms with Crippen molar-refractivity contribution in [3.05, 3.63) is 28.8 Å². The number of hydrogen-bond acceptors (Lipinski definition) is 5. The van der Waals surface area contributed by atoms with Gasteiger partial charge in [0.1, 0.15) is 5.75 Å². The number of oxime groups is 1. The summed E-state index contributed by atoms with van der Waals surface area (Å²) in [5.74, 6) is 1.50. The second kappa shape index (κ2) is 10.1. The van der Waals surface area contributed by atoms with Gasteiger partial charge in [0.25, 0.3) is 0 Å². The first-order chi connectivity index (χ1) is 14.2. The molecule has 1 atom stereocenters. The molecule has 1 unspecified atom stereocenters. The lowest BCUT2D eigenvalue weighted by atomic mass is 9.86. The fraction of sp³-hybridized carbons (Fsp3) is 0.696. The topological polar surface area (TPSA) is 43.3 Å². The highest BCUT2D eigenvalue weighted by atomic mass is 35.5. The van der Waals surface area contributed by atoms with Gasteiger partial charge in [-0.2, -0.15) is 0 Å². The standard InChI is InChI=1S/C23H33ClN2O3/c1-27-22-10-5-18(24)16-21(22)17-11-13-26(14-12-17)20-8-6-19(7-9-20)25-29-23-4-2-3-15-28-23/h5,10,16-17,20,23H,2-4,6-9,11-15H2,1H3. The van der Waals surface area contributed by atoms with Crippen molar-refractivity contribution < 1.29 is 14.3 Å². The van der Waals surface area contributed by atoms with E-state index in [0.717, 1.165) is 69.0 Å². The summed E-state index contributed by atoms with van der Waals surface area (Å²) < 4.78 is 11.2. The summed E-state index contributed by atoms with van der Waals surface area (Å²) in [6.45, 7) is 3.09. The Hall–Kier alpha value is -1.30. The number of rotatable bonds is 5. The zero-order valence-corrected chi connectivity index (χ0v) is 18.2. The average Bonchev–Trinajstić information content (AvgIpc) is 2.79. The number of hydrogen-bond donors (Lipinski definition) is 0. The van der Waals surface area contributed by atoms with Gasteiger partial charge in [-0.15, -0.1) is 0 Å². The van der Waals surface area contributed by atoms with E-state index in [1.807, 2.05) is 12.1 Å². The second-order valence-corrected chi connectivity index (χ2v) is 8.92. The fourth-order valence-corrected chi connectivity index (χ4v) is 5.10. The van der Waals surface area contributed by atoms with Crippen LogP contribution in [0.25, 0.3) is 0 Å². The minimum atomic E-state index is -0.128. The van der Waals surface area contributed by atoms with Gasteiger partial charge < -0.3 is 19.2 Å². The number of halogens is 1. The average molecular weight is 421 g/mol. The van der Waals surface area contributed by atoms with Gasteiger partial charge in [0, 0.05) is 17.5 Å². The van der Waals surface area contributed by atoms with Crippen molar-refractivity contribution in [3.63, 3.8) is 0 Å². The largest absolute Gasteiger partial charge is 0.496 e. The third-order valence-corrected chi connectivity index (χ3v) is 6.88. The van der Waals surface area contributed by atoms with E-state index in [-0.39, 0.29) is 6.29 Å². The van der Waals surface area contributed by atoms with Crippen LogP contribution in [0, 0.1) is 0 Å². The summed E-state index contributed by atoms with van der Waals surface area (Å²) in [7, 11) is 1.74. The lowest BCUT2D eigenvalue weighted by Crippen LogP contribution is -2.43. The van der Waals surface area contributed by atoms with E-state index < -0.39 is 0 Å². The predicted molar refractivity (Wildman–Crippen MR) is 116 cm³/mol. The van der Waals surface area contributed by atoms with Crippen molar-refractivity contribution in [3.8, 4) is 5.75 Å². The van der Waals surface area contributed by atoms with Crippen molar-refractivity contribution >= 4 is 17.3 Å². The minimum Gasteiger partial charge on any atom is -0.496 e. The Kier molecular flexibility index (Phi) is 7.33. The van der Waals surface area contributed by atoms with Gasteiger partial charge in [0.2, 0.25) is 6.29 Å². The van der Waals surface area contributed by atoms with Crippen LogP contribution in [0.2, 0.25) is 5.02 Å². The van der Waals surface area contributed by atoms with Gasteiger partial charge in [-0.3, -0.25) is 0 Å². The normalized spacial score (nSPS) is 26.9. The predicted octanol–water partition coefficient (Wildman–Crippen LogP) is 5.37. The summed E-state index contributed by atoms with van der Waals surface area (Å²) in [5, 5.41) is 5.21. The smallest absolute Gasteiger partial charge is 0.226 e. The van der Waals surface area contributed by atoms with E-state index in [0.29, 0.717) is 12.0 Å². The molecule has 0 aromatic heterocycles. The number of ether oxygens (including phenoxy) is 2. The van der Waals surface area contributed by atoms with Gasteiger partial charge in [0.15, 0.2) is 0 Å². The third-order valence-electron chi connectivity index (χ3n) is 6.65. The molecule has 160 valence electrons. The lowest BCUT2D eigenvalue weighted by Gasteiger charge is -2.39. The number of methoxy groups -OCH3 is 1. The van der Waals surface area contributed by atoms with Crippen molar-refractivity contribution in [1.29, 1.82) is 0 Å². The molecule has 0 N–H and O–H groups in total. The maximum Gasteiger partial charge on any atom is 0.226 e. The van der Waals surface area contributed by atoms with Crippen molar-refractivity contribution in [1.82, 2.24) is 4.90 Å². The van der Waals surface area contributed by atoms with E-state index in [2.05, 4.69) is 16.1 Å². The highest BCUT2D eigenvalue weighted by molar-refractivity contribution is 6.30. The molecule has 0 radical (unpaired) electrons. The summed E-state index contributed by atoms with van der Waals surface area (Å²) >= 11 is 6.24. The van der Waals surface area contributed by atoms with Crippen LogP contribution in [0.3, 0.4) is 0 Å². The Labute approximate surface area is 179 Å². The first-order valence-electron chi connectivity index (χ1n) is 11.1. The zero-order chi connectivity index (χ0) is 20.1. The Balaban J connectivity index is 1.24. The summed E-state index contributed by atoms with van der Waals surface area (Å²) in [4.78, 5) is 8.30. The number of piperidine rings is 1. The third kappa shape index (κ3) is 5.44. The highest BCUT2D eigenvalue weighted by Crippen LogP contribution is 2.37. The maximum absolute atomic E-state index is 6.24. The molecule has 1 aromatic rings. The first-order valence-corrected chi connectivity index (χ1v) is 11.5. The quantitative estimate of drug-likeness (QED) is 0.600. The SMILES string of the molecule is COc1ccc(Cl)cc1C1CCN(C2CCC(=NOC3CCCCO3)CC2)CC1. The molecule has 0 bridgehead atoms. The molecule has 2 heterocycles. The lowest BCUT2D eigenvalue weighted by molar-refractivity contribution is -0.162. The molecule has 0 amide bonds. The summed E-state index contributed by atoms with van der Waals surface area (Å²) in [6, 6.07) is 6.65. The zero-order valence-electron chi connectivity index (χ0n) is 17.4. The van der Waals surface area contributed by atoms with Gasteiger partial charge in [0.05, 0.1) is 19.4 Å². The van der Waals surface area contributed by atoms with E-state index in [4.69, 9.17) is 25.9 Å². The Bertz CT molecular complexity index is 687. The monoisotopic (exact) mass is 420 g/mol. The van der Waals surface area contributed by atoms with Crippen LogP contribution in [-0.4, -0.2) is 49.7 Å². The molecule has 3 fully saturated rings. The summed E-state index contributed by atoms with van der Waals surface area (Å²) in [5.41, 5.74) is 2.47. The fourth-order valence-electron chi connectivity index (χ4n) is 4.92. The molecule has 0 spiro atoms. The van der Waals surface area contributed by atoms with E-state index >= 15 is 0 Å². The molecule has 3 aliphatic rings. The molecule has 1 aromatic carbocycles. The van der Waals surface area contributed by atoms with Crippen molar-refractivity contribution in [2.24, 2.45) is 5.16 Å². The van der Waals surface area contributed by atoms with Crippen LogP contribution in [0.4, 0.5) is 0 Å². The first kappa shape index (κ1) is 21.0. The van der Waals surface area contributed by atoms with Crippen LogP contribution in [0.15, 0.2) is 23.4 Å². The minimum absolute atomic E-state index is 0.128. The molecular weight excluding hydrogens is 388 g/mol. The van der Waals surface area contributed by atoms with Crippen LogP contribution in [0.5, 0.6) is 5.75 Å². The molecule has 2 aliphatic heterocycles. The molecule has 4 rings (SSSR count). The van der Waals surface area contributed by atoms with Crippen molar-refractivity contribution in [2.75, 3.05) is 26.8 Å². The Morgan fingerprint density at radius 3 is 2.55 bits per heavy atom. The molecule has 2 saturated heterocycles. The Morgan fingerprint density at radius 2 is 1.86 bits per heavy atom. The van der Waals surface area contributed by atoms with E-state index in [1.54, 1.807) is 7.11 Å². The van der Waals surface area contributed by atoms with E-state index in [1.165, 1.54) is 30.5 Å². The number of benzene rings is 1. The molecule has 29 heavy (non-hydrogen) atoms. The number of likely N-dealkylation sites (tertiary alicyclic amines) is 1. The molecule has 1 saturated carbocycles. The summed E-state index contributed by atoms with van der Waals surface area (Å²) in [6.07, 6.45) is 9.92. The van der Waals surface area contributed by atoms with Gasteiger partial charge >= 0.3 is 0 Å². The molecular formula is C23H33ClN2O3. The molecule has 6 heteroatoms. The number of nitrogens with zero attached hydrogens (tertiary/aromatic N) is 2. The van der Waals surface area contributed by atoms with Crippen LogP contribution in [-0.2, 0) is 9.57 Å². The van der Waals surface area contributed by atoms with Crippen molar-refractivity contribution in [2.45, 2.75) is 76.0 Å². The van der Waals surface area contributed by atoms with Gasteiger partial charge in [-0.1, -0.05) is 16.8 Å². The van der Waals surface area contributed by atoms with Gasteiger partial charge in [-0.25, -0.2) is 0 Å². The highest BCUT2D eigenvalue weighted by Gasteiger charge is 2.29.